The van der Waals surface area contributed by atoms with Crippen molar-refractivity contribution in [3.05, 3.63) is 11.3 Å². The lowest BCUT2D eigenvalue weighted by atomic mass is 10.2. The minimum atomic E-state index is -0.983. The number of aromatic nitrogens is 2. The van der Waals surface area contributed by atoms with E-state index in [0.717, 1.165) is 0 Å². The second-order valence-corrected chi connectivity index (χ2v) is 3.77. The number of nitrogens with zero attached hydrogens (tertiary/aromatic N) is 2. The number of methoxy groups -OCH3 is 1. The van der Waals surface area contributed by atoms with Gasteiger partial charge in [0.2, 0.25) is 0 Å². The normalized spacial score (nSPS) is 10.6. The molecule has 0 fully saturated rings. The van der Waals surface area contributed by atoms with Crippen LogP contribution in [0.3, 0.4) is 0 Å². The number of hydrogen-bond acceptors (Lipinski definition) is 5. The first-order chi connectivity index (χ1) is 8.57. The first-order valence-electron chi connectivity index (χ1n) is 5.65. The van der Waals surface area contributed by atoms with Gasteiger partial charge in [0.05, 0.1) is 25.5 Å². The molecule has 0 saturated heterocycles. The standard InChI is InChI=1S/C11H19N3O4/c1-8-9(11(15)16)10(14(2)13-8)12-4-5-18-7-6-17-3/h12H,4-7H2,1-3H3,(H,15,16). The summed E-state index contributed by atoms with van der Waals surface area (Å²) in [7, 11) is 3.31. The summed E-state index contributed by atoms with van der Waals surface area (Å²) in [5, 5.41) is 16.2. The Labute approximate surface area is 106 Å². The lowest BCUT2D eigenvalue weighted by Gasteiger charge is -2.08. The zero-order valence-corrected chi connectivity index (χ0v) is 10.9. The molecule has 0 spiro atoms. The lowest BCUT2D eigenvalue weighted by Crippen LogP contribution is -2.15. The maximum absolute atomic E-state index is 11.1. The van der Waals surface area contributed by atoms with Crippen LogP contribution in [0.5, 0.6) is 0 Å². The Morgan fingerprint density at radius 1 is 1.44 bits per heavy atom. The van der Waals surface area contributed by atoms with Crippen LogP contribution in [-0.4, -0.2) is 54.3 Å². The van der Waals surface area contributed by atoms with Crippen LogP contribution in [0.2, 0.25) is 0 Å². The fraction of sp³-hybridized carbons (Fsp3) is 0.636. The number of anilines is 1. The molecule has 1 rings (SSSR count). The first kappa shape index (κ1) is 14.5. The maximum Gasteiger partial charge on any atom is 0.341 e. The van der Waals surface area contributed by atoms with E-state index in [1.54, 1.807) is 21.1 Å². The lowest BCUT2D eigenvalue weighted by molar-refractivity contribution is 0.0696. The Balaban J connectivity index is 2.49. The van der Waals surface area contributed by atoms with Gasteiger partial charge in [0.1, 0.15) is 11.4 Å². The molecule has 0 saturated carbocycles. The quantitative estimate of drug-likeness (QED) is 0.660. The predicted molar refractivity (Wildman–Crippen MR) is 66.1 cm³/mol. The van der Waals surface area contributed by atoms with Crippen LogP contribution in [0, 0.1) is 6.92 Å². The summed E-state index contributed by atoms with van der Waals surface area (Å²) < 4.78 is 11.6. The van der Waals surface area contributed by atoms with Crippen molar-refractivity contribution in [2.45, 2.75) is 6.92 Å². The van der Waals surface area contributed by atoms with Crippen molar-refractivity contribution < 1.29 is 19.4 Å². The average Bonchev–Trinajstić information content (AvgIpc) is 2.58. The molecule has 0 aliphatic heterocycles. The Hall–Kier alpha value is -1.60. The number of carboxylic acid groups (broad SMARTS) is 1. The number of nitrogens with one attached hydrogen (secondary N) is 1. The van der Waals surface area contributed by atoms with Gasteiger partial charge in [-0.05, 0) is 6.92 Å². The van der Waals surface area contributed by atoms with Gasteiger partial charge >= 0.3 is 5.97 Å². The molecular weight excluding hydrogens is 238 g/mol. The minimum Gasteiger partial charge on any atom is -0.477 e. The van der Waals surface area contributed by atoms with Gasteiger partial charge in [-0.1, -0.05) is 0 Å². The largest absolute Gasteiger partial charge is 0.477 e. The fourth-order valence-corrected chi connectivity index (χ4v) is 1.60. The molecule has 1 aromatic heterocycles. The van der Waals surface area contributed by atoms with E-state index >= 15 is 0 Å². The number of aromatic carboxylic acids is 1. The summed E-state index contributed by atoms with van der Waals surface area (Å²) in [5.74, 6) is -0.487. The summed E-state index contributed by atoms with van der Waals surface area (Å²) in [5.41, 5.74) is 0.696. The molecule has 0 bridgehead atoms. The number of carbonyl (C=O) groups is 1. The molecule has 7 heteroatoms. The zero-order chi connectivity index (χ0) is 13.5. The molecule has 0 aliphatic rings. The van der Waals surface area contributed by atoms with Gasteiger partial charge < -0.3 is 19.9 Å². The third-order valence-electron chi connectivity index (χ3n) is 2.41. The van der Waals surface area contributed by atoms with Gasteiger partial charge in [0.25, 0.3) is 0 Å². The average molecular weight is 257 g/mol. The Kier molecular flexibility index (Phi) is 5.60. The van der Waals surface area contributed by atoms with Gasteiger partial charge in [-0.15, -0.1) is 0 Å². The molecule has 2 N–H and O–H groups in total. The van der Waals surface area contributed by atoms with Crippen LogP contribution in [-0.2, 0) is 16.5 Å². The van der Waals surface area contributed by atoms with Crippen molar-refractivity contribution >= 4 is 11.8 Å². The summed E-state index contributed by atoms with van der Waals surface area (Å²) in [6.45, 7) is 3.74. The van der Waals surface area contributed by atoms with E-state index in [4.69, 9.17) is 14.6 Å². The highest BCUT2D eigenvalue weighted by atomic mass is 16.5. The SMILES string of the molecule is COCCOCCNc1c(C(=O)O)c(C)nn1C. The zero-order valence-electron chi connectivity index (χ0n) is 10.9. The molecular formula is C11H19N3O4. The van der Waals surface area contributed by atoms with Crippen molar-refractivity contribution in [2.75, 3.05) is 38.8 Å². The predicted octanol–water partition coefficient (Wildman–Crippen LogP) is 0.502. The molecule has 0 amide bonds. The van der Waals surface area contributed by atoms with Crippen molar-refractivity contribution in [1.82, 2.24) is 9.78 Å². The Morgan fingerprint density at radius 2 is 2.17 bits per heavy atom. The molecule has 7 nitrogen and oxygen atoms in total. The summed E-state index contributed by atoms with van der Waals surface area (Å²) in [6.07, 6.45) is 0. The number of carboxylic acids is 1. The Morgan fingerprint density at radius 3 is 2.78 bits per heavy atom. The van der Waals surface area contributed by atoms with Crippen LogP contribution in [0.4, 0.5) is 5.82 Å². The van der Waals surface area contributed by atoms with Crippen LogP contribution >= 0.6 is 0 Å². The fourth-order valence-electron chi connectivity index (χ4n) is 1.60. The molecule has 1 aromatic rings. The van der Waals surface area contributed by atoms with Crippen molar-refractivity contribution in [2.24, 2.45) is 7.05 Å². The minimum absolute atomic E-state index is 0.203. The first-order valence-corrected chi connectivity index (χ1v) is 5.65. The monoisotopic (exact) mass is 257 g/mol. The van der Waals surface area contributed by atoms with E-state index in [9.17, 15) is 4.79 Å². The summed E-state index contributed by atoms with van der Waals surface area (Å²) >= 11 is 0. The van der Waals surface area contributed by atoms with Gasteiger partial charge in [0, 0.05) is 20.7 Å². The third-order valence-corrected chi connectivity index (χ3v) is 2.41. The van der Waals surface area contributed by atoms with Crippen LogP contribution in [0.15, 0.2) is 0 Å². The third kappa shape index (κ3) is 3.71. The highest BCUT2D eigenvalue weighted by Gasteiger charge is 2.18. The van der Waals surface area contributed by atoms with E-state index in [1.807, 2.05) is 0 Å². The van der Waals surface area contributed by atoms with Gasteiger partial charge in [-0.25, -0.2) is 4.79 Å². The smallest absolute Gasteiger partial charge is 0.341 e. The molecule has 1 heterocycles. The second-order valence-electron chi connectivity index (χ2n) is 3.77. The topological polar surface area (TPSA) is 85.6 Å². The maximum atomic E-state index is 11.1. The van der Waals surface area contributed by atoms with Crippen LogP contribution in [0.1, 0.15) is 16.1 Å². The van der Waals surface area contributed by atoms with E-state index in [0.29, 0.717) is 37.9 Å². The summed E-state index contributed by atoms with van der Waals surface area (Å²) in [6, 6.07) is 0. The molecule has 0 aromatic carbocycles. The molecule has 0 aliphatic carbocycles. The van der Waals surface area contributed by atoms with Crippen LogP contribution < -0.4 is 5.32 Å². The molecule has 102 valence electrons. The Bertz CT molecular complexity index is 403. The van der Waals surface area contributed by atoms with Gasteiger partial charge in [0.15, 0.2) is 0 Å². The van der Waals surface area contributed by atoms with E-state index < -0.39 is 5.97 Å². The van der Waals surface area contributed by atoms with E-state index in [-0.39, 0.29) is 5.56 Å². The number of aryl methyl sites for hydroxylation is 2. The van der Waals surface area contributed by atoms with Gasteiger partial charge in [-0.2, -0.15) is 5.10 Å². The van der Waals surface area contributed by atoms with E-state index in [1.165, 1.54) is 4.68 Å². The number of hydrogen-bond donors (Lipinski definition) is 2. The van der Waals surface area contributed by atoms with Crippen molar-refractivity contribution in [1.29, 1.82) is 0 Å². The number of rotatable bonds is 8. The second kappa shape index (κ2) is 6.97. The molecule has 0 atom stereocenters. The highest BCUT2D eigenvalue weighted by Crippen LogP contribution is 2.18. The number of ether oxygens (including phenoxy) is 2. The van der Waals surface area contributed by atoms with Gasteiger partial charge in [-0.3, -0.25) is 4.68 Å². The molecule has 0 unspecified atom stereocenters. The summed E-state index contributed by atoms with van der Waals surface area (Å²) in [4.78, 5) is 11.1. The molecule has 0 radical (unpaired) electrons. The van der Waals surface area contributed by atoms with Crippen LogP contribution in [0.25, 0.3) is 0 Å². The van der Waals surface area contributed by atoms with E-state index in [2.05, 4.69) is 10.4 Å². The van der Waals surface area contributed by atoms with Crippen molar-refractivity contribution in [3.8, 4) is 0 Å². The van der Waals surface area contributed by atoms with Crippen molar-refractivity contribution in [3.63, 3.8) is 0 Å². The molecule has 18 heavy (non-hydrogen) atoms. The highest BCUT2D eigenvalue weighted by molar-refractivity contribution is 5.94.